The second-order valence-electron chi connectivity index (χ2n) is 6.98. The van der Waals surface area contributed by atoms with Crippen LogP contribution in [-0.2, 0) is 11.3 Å². The van der Waals surface area contributed by atoms with Crippen LogP contribution in [0.5, 0.6) is 5.75 Å². The van der Waals surface area contributed by atoms with Crippen molar-refractivity contribution in [3.8, 4) is 5.75 Å². The molecular formula is C22H20N4O4. The number of carbonyl (C=O) groups is 2. The molecule has 1 aliphatic rings. The van der Waals surface area contributed by atoms with Crippen molar-refractivity contribution in [3.63, 3.8) is 0 Å². The largest absolute Gasteiger partial charge is 0.508 e. The highest BCUT2D eigenvalue weighted by molar-refractivity contribution is 5.98. The van der Waals surface area contributed by atoms with Crippen molar-refractivity contribution in [3.05, 3.63) is 83.6 Å². The topological polar surface area (TPSA) is 122 Å². The Balaban J connectivity index is 0.000000687. The van der Waals surface area contributed by atoms with Gasteiger partial charge in [0.2, 0.25) is 0 Å². The molecule has 2 aromatic heterocycles. The zero-order valence-electron chi connectivity index (χ0n) is 15.9. The molecule has 3 heterocycles. The third-order valence-corrected chi connectivity index (χ3v) is 5.19. The summed E-state index contributed by atoms with van der Waals surface area (Å²) in [7, 11) is 0. The fourth-order valence-electron chi connectivity index (χ4n) is 3.85. The lowest BCUT2D eigenvalue weighted by Crippen LogP contribution is -2.38. The molecule has 152 valence electrons. The first-order valence-electron chi connectivity index (χ1n) is 9.36. The van der Waals surface area contributed by atoms with Crippen LogP contribution in [0.2, 0.25) is 0 Å². The van der Waals surface area contributed by atoms with E-state index in [0.29, 0.717) is 18.7 Å². The molecule has 1 unspecified atom stereocenters. The quantitative estimate of drug-likeness (QED) is 0.383. The van der Waals surface area contributed by atoms with Crippen molar-refractivity contribution in [2.75, 3.05) is 6.54 Å². The highest BCUT2D eigenvalue weighted by Crippen LogP contribution is 2.33. The molecule has 1 atom stereocenters. The van der Waals surface area contributed by atoms with E-state index in [9.17, 15) is 9.90 Å². The van der Waals surface area contributed by atoms with Crippen LogP contribution in [0, 0.1) is 0 Å². The molecule has 30 heavy (non-hydrogen) atoms. The number of aromatic nitrogens is 3. The number of aromatic amines is 2. The van der Waals surface area contributed by atoms with Crippen LogP contribution < -0.4 is 0 Å². The van der Waals surface area contributed by atoms with Gasteiger partial charge in [0.25, 0.3) is 12.4 Å². The molecule has 5 rings (SSSR count). The third kappa shape index (κ3) is 3.62. The second kappa shape index (κ2) is 8.12. The number of phenols is 1. The molecule has 0 saturated carbocycles. The third-order valence-electron chi connectivity index (χ3n) is 5.19. The molecule has 0 saturated heterocycles. The molecule has 8 heteroatoms. The molecule has 1 amide bonds. The molecule has 0 fully saturated rings. The standard InChI is InChI=1S/C21H18N4O2.CH2O2/c26-16-3-1-2-13(9-16)17-10-25(11-19-20(17)24-12-23-19)21(27)15-4-5-18-14(8-15)6-7-22-18;2-1-3/h1-9,12,17,22,26H,10-11H2,(H,23,24);1H,(H,2,3). The van der Waals surface area contributed by atoms with Gasteiger partial charge in [-0.05, 0) is 42.0 Å². The average molecular weight is 404 g/mol. The number of carbonyl (C=O) groups excluding carboxylic acids is 1. The number of carboxylic acid groups (broad SMARTS) is 1. The summed E-state index contributed by atoms with van der Waals surface area (Å²) >= 11 is 0. The van der Waals surface area contributed by atoms with E-state index < -0.39 is 0 Å². The van der Waals surface area contributed by atoms with Gasteiger partial charge in [0, 0.05) is 35.1 Å². The smallest absolute Gasteiger partial charge is 0.290 e. The summed E-state index contributed by atoms with van der Waals surface area (Å²) < 4.78 is 0. The van der Waals surface area contributed by atoms with E-state index in [1.165, 1.54) is 0 Å². The molecule has 1 aliphatic heterocycles. The Morgan fingerprint density at radius 2 is 2.00 bits per heavy atom. The van der Waals surface area contributed by atoms with Gasteiger partial charge in [-0.3, -0.25) is 9.59 Å². The minimum Gasteiger partial charge on any atom is -0.508 e. The summed E-state index contributed by atoms with van der Waals surface area (Å²) in [6.45, 7) is 0.764. The van der Waals surface area contributed by atoms with Gasteiger partial charge in [-0.25, -0.2) is 4.98 Å². The highest BCUT2D eigenvalue weighted by atomic mass is 16.3. The maximum atomic E-state index is 13.2. The number of H-pyrrole nitrogens is 2. The number of phenolic OH excluding ortho intramolecular Hbond substituents is 1. The lowest BCUT2D eigenvalue weighted by molar-refractivity contribution is -0.122. The molecule has 0 spiro atoms. The lowest BCUT2D eigenvalue weighted by atomic mass is 9.90. The van der Waals surface area contributed by atoms with Crippen molar-refractivity contribution in [2.24, 2.45) is 0 Å². The Bertz CT molecular complexity index is 1200. The van der Waals surface area contributed by atoms with Gasteiger partial charge >= 0.3 is 0 Å². The van der Waals surface area contributed by atoms with Gasteiger partial charge in [0.15, 0.2) is 0 Å². The Kier molecular flexibility index (Phi) is 5.21. The van der Waals surface area contributed by atoms with Crippen molar-refractivity contribution in [1.82, 2.24) is 19.9 Å². The molecular weight excluding hydrogens is 384 g/mol. The summed E-state index contributed by atoms with van der Waals surface area (Å²) in [5.41, 5.74) is 4.50. The number of benzene rings is 2. The maximum Gasteiger partial charge on any atom is 0.290 e. The van der Waals surface area contributed by atoms with E-state index in [4.69, 9.17) is 9.90 Å². The highest BCUT2D eigenvalue weighted by Gasteiger charge is 2.32. The Morgan fingerprint density at radius 1 is 1.17 bits per heavy atom. The number of hydrogen-bond donors (Lipinski definition) is 4. The minimum atomic E-state index is -0.250. The van der Waals surface area contributed by atoms with E-state index in [2.05, 4.69) is 15.0 Å². The Morgan fingerprint density at radius 3 is 2.80 bits per heavy atom. The van der Waals surface area contributed by atoms with Gasteiger partial charge in [-0.2, -0.15) is 0 Å². The monoisotopic (exact) mass is 404 g/mol. The van der Waals surface area contributed by atoms with Crippen molar-refractivity contribution < 1.29 is 19.8 Å². The SMILES string of the molecule is O=C(c1ccc2[nH]ccc2c1)N1Cc2[nH]cnc2C(c2cccc(O)c2)C1.O=CO. The van der Waals surface area contributed by atoms with Crippen molar-refractivity contribution in [2.45, 2.75) is 12.5 Å². The van der Waals surface area contributed by atoms with E-state index >= 15 is 0 Å². The van der Waals surface area contributed by atoms with E-state index in [1.54, 1.807) is 18.5 Å². The van der Waals surface area contributed by atoms with Crippen LogP contribution in [0.4, 0.5) is 0 Å². The molecule has 0 radical (unpaired) electrons. The van der Waals surface area contributed by atoms with E-state index in [0.717, 1.165) is 27.9 Å². The molecule has 2 aromatic carbocycles. The fourth-order valence-corrected chi connectivity index (χ4v) is 3.85. The van der Waals surface area contributed by atoms with Gasteiger partial charge in [-0.15, -0.1) is 0 Å². The zero-order chi connectivity index (χ0) is 21.1. The number of nitrogens with zero attached hydrogens (tertiary/aromatic N) is 2. The molecule has 4 aromatic rings. The normalized spacial score (nSPS) is 15.2. The number of hydrogen-bond acceptors (Lipinski definition) is 4. The number of aromatic hydroxyl groups is 1. The summed E-state index contributed by atoms with van der Waals surface area (Å²) in [4.78, 5) is 34.1. The predicted molar refractivity (Wildman–Crippen MR) is 110 cm³/mol. The number of amides is 1. The van der Waals surface area contributed by atoms with E-state index in [-0.39, 0.29) is 24.0 Å². The first-order valence-corrected chi connectivity index (χ1v) is 9.36. The lowest BCUT2D eigenvalue weighted by Gasteiger charge is -2.32. The number of rotatable bonds is 2. The summed E-state index contributed by atoms with van der Waals surface area (Å²) in [6, 6.07) is 14.8. The van der Waals surface area contributed by atoms with Crippen LogP contribution in [0.25, 0.3) is 10.9 Å². The van der Waals surface area contributed by atoms with Crippen LogP contribution in [0.3, 0.4) is 0 Å². The number of fused-ring (bicyclic) bond motifs is 2. The molecule has 0 aliphatic carbocycles. The number of imidazole rings is 1. The van der Waals surface area contributed by atoms with Crippen LogP contribution >= 0.6 is 0 Å². The van der Waals surface area contributed by atoms with Crippen LogP contribution in [0.1, 0.15) is 33.2 Å². The summed E-state index contributed by atoms with van der Waals surface area (Å²) in [5, 5.41) is 17.8. The number of nitrogens with one attached hydrogen (secondary N) is 2. The fraction of sp³-hybridized carbons (Fsp3) is 0.136. The van der Waals surface area contributed by atoms with Gasteiger partial charge in [-0.1, -0.05) is 12.1 Å². The Labute approximate surface area is 171 Å². The summed E-state index contributed by atoms with van der Waals surface area (Å²) in [6.07, 6.45) is 3.54. The zero-order valence-corrected chi connectivity index (χ0v) is 15.9. The van der Waals surface area contributed by atoms with Gasteiger partial charge in [0.05, 0.1) is 24.3 Å². The second-order valence-corrected chi connectivity index (χ2v) is 6.98. The summed E-state index contributed by atoms with van der Waals surface area (Å²) in [5.74, 6) is 0.126. The predicted octanol–water partition coefficient (Wildman–Crippen LogP) is 3.09. The molecule has 0 bridgehead atoms. The first kappa shape index (κ1) is 19.3. The van der Waals surface area contributed by atoms with Crippen molar-refractivity contribution >= 4 is 23.3 Å². The maximum absolute atomic E-state index is 13.2. The first-order chi connectivity index (χ1) is 14.6. The van der Waals surface area contributed by atoms with Crippen LogP contribution in [0.15, 0.2) is 61.1 Å². The van der Waals surface area contributed by atoms with E-state index in [1.807, 2.05) is 47.5 Å². The van der Waals surface area contributed by atoms with Gasteiger partial charge in [0.1, 0.15) is 5.75 Å². The minimum absolute atomic E-state index is 0.0106. The Hall–Kier alpha value is -4.07. The van der Waals surface area contributed by atoms with Crippen molar-refractivity contribution in [1.29, 1.82) is 0 Å². The van der Waals surface area contributed by atoms with Crippen LogP contribution in [-0.4, -0.2) is 49.0 Å². The average Bonchev–Trinajstić information content (AvgIpc) is 3.41. The van der Waals surface area contributed by atoms with Gasteiger partial charge < -0.3 is 25.1 Å². The molecule has 4 N–H and O–H groups in total. The molecule has 8 nitrogen and oxygen atoms in total.